The van der Waals surface area contributed by atoms with Gasteiger partial charge in [0.1, 0.15) is 12.6 Å². The van der Waals surface area contributed by atoms with Gasteiger partial charge in [0.05, 0.1) is 0 Å². The van der Waals surface area contributed by atoms with Gasteiger partial charge in [-0.25, -0.2) is 4.79 Å². The van der Waals surface area contributed by atoms with E-state index in [1.165, 1.54) is 0 Å². The lowest BCUT2D eigenvalue weighted by molar-refractivity contribution is -0.118. The average molecular weight is 304 g/mol. The number of urea groups is 1. The van der Waals surface area contributed by atoms with Crippen LogP contribution >= 0.6 is 0 Å². The summed E-state index contributed by atoms with van der Waals surface area (Å²) in [6, 6.07) is 5.98. The first-order chi connectivity index (χ1) is 10.5. The minimum absolute atomic E-state index is 0.214. The molecule has 0 aliphatic carbocycles. The third-order valence-corrected chi connectivity index (χ3v) is 2.83. The van der Waals surface area contributed by atoms with Crippen molar-refractivity contribution in [1.29, 1.82) is 0 Å². The molecule has 7 heteroatoms. The summed E-state index contributed by atoms with van der Waals surface area (Å²) in [5.41, 5.74) is 11.8. The number of nitrogens with one attached hydrogen (secondary N) is 2. The quantitative estimate of drug-likeness (QED) is 0.351. The zero-order valence-electron chi connectivity index (χ0n) is 12.1. The molecule has 7 N–H and O–H groups in total. The predicted molar refractivity (Wildman–Crippen MR) is 83.8 cm³/mol. The molecule has 3 amide bonds. The van der Waals surface area contributed by atoms with E-state index in [1.54, 1.807) is 24.3 Å². The van der Waals surface area contributed by atoms with Crippen molar-refractivity contribution in [2.24, 2.45) is 11.5 Å². The van der Waals surface area contributed by atoms with E-state index >= 15 is 0 Å². The second-order valence-corrected chi connectivity index (χ2v) is 4.57. The van der Waals surface area contributed by atoms with Crippen molar-refractivity contribution < 1.29 is 14.7 Å². The molecule has 0 saturated carbocycles. The molecule has 0 spiro atoms. The van der Waals surface area contributed by atoms with Gasteiger partial charge >= 0.3 is 6.03 Å². The summed E-state index contributed by atoms with van der Waals surface area (Å²) < 4.78 is 0. The zero-order chi connectivity index (χ0) is 16.4. The molecule has 0 saturated heterocycles. The van der Waals surface area contributed by atoms with Gasteiger partial charge in [0.2, 0.25) is 5.91 Å². The molecule has 0 fully saturated rings. The van der Waals surface area contributed by atoms with Crippen molar-refractivity contribution in [3.8, 4) is 11.8 Å². The van der Waals surface area contributed by atoms with Crippen LogP contribution in [0.1, 0.15) is 18.4 Å². The number of amides is 3. The molecule has 0 bridgehead atoms. The van der Waals surface area contributed by atoms with Gasteiger partial charge < -0.3 is 27.2 Å². The van der Waals surface area contributed by atoms with Crippen LogP contribution in [0.3, 0.4) is 0 Å². The van der Waals surface area contributed by atoms with Crippen LogP contribution in [-0.2, 0) is 4.79 Å². The number of hydrogen-bond acceptors (Lipinski definition) is 4. The highest BCUT2D eigenvalue weighted by Gasteiger charge is 2.14. The fourth-order valence-electron chi connectivity index (χ4n) is 1.83. The van der Waals surface area contributed by atoms with Gasteiger partial charge in [-0.1, -0.05) is 17.9 Å². The van der Waals surface area contributed by atoms with Crippen molar-refractivity contribution in [3.05, 3.63) is 29.8 Å². The third-order valence-electron chi connectivity index (χ3n) is 2.83. The number of carbonyl (C=O) groups excluding carboxylic acids is 2. The second kappa shape index (κ2) is 9.26. The first-order valence-electron chi connectivity index (χ1n) is 6.82. The molecule has 0 aliphatic rings. The molecule has 0 aromatic heterocycles. The Bertz CT molecular complexity index is 578. The van der Waals surface area contributed by atoms with Crippen LogP contribution in [-0.4, -0.2) is 36.2 Å². The summed E-state index contributed by atoms with van der Waals surface area (Å²) in [6.07, 6.45) is 1.02. The number of benzene rings is 1. The minimum Gasteiger partial charge on any atom is -0.384 e. The van der Waals surface area contributed by atoms with E-state index in [2.05, 4.69) is 22.5 Å². The van der Waals surface area contributed by atoms with Gasteiger partial charge in [-0.15, -0.1) is 0 Å². The second-order valence-electron chi connectivity index (χ2n) is 4.57. The zero-order valence-corrected chi connectivity index (χ0v) is 12.1. The molecular weight excluding hydrogens is 284 g/mol. The van der Waals surface area contributed by atoms with E-state index in [-0.39, 0.29) is 6.61 Å². The van der Waals surface area contributed by atoms with Crippen molar-refractivity contribution in [2.45, 2.75) is 18.9 Å². The summed E-state index contributed by atoms with van der Waals surface area (Å²) in [7, 11) is 0. The monoisotopic (exact) mass is 304 g/mol. The molecule has 1 atom stereocenters. The topological polar surface area (TPSA) is 130 Å². The predicted octanol–water partition coefficient (Wildman–Crippen LogP) is -0.255. The fraction of sp³-hybridized carbons (Fsp3) is 0.333. The van der Waals surface area contributed by atoms with Crippen LogP contribution in [0.5, 0.6) is 0 Å². The Morgan fingerprint density at radius 1 is 1.32 bits per heavy atom. The maximum atomic E-state index is 11.5. The molecule has 0 heterocycles. The van der Waals surface area contributed by atoms with Crippen LogP contribution in [0, 0.1) is 11.8 Å². The summed E-state index contributed by atoms with van der Waals surface area (Å²) in [5, 5.41) is 14.2. The Hall–Kier alpha value is -2.72. The highest BCUT2D eigenvalue weighted by atomic mass is 16.2. The van der Waals surface area contributed by atoms with E-state index in [4.69, 9.17) is 16.6 Å². The van der Waals surface area contributed by atoms with Crippen LogP contribution in [0.4, 0.5) is 10.5 Å². The Kier molecular flexibility index (Phi) is 7.29. The van der Waals surface area contributed by atoms with E-state index in [0.29, 0.717) is 25.1 Å². The van der Waals surface area contributed by atoms with Gasteiger partial charge in [0.25, 0.3) is 0 Å². The number of carbonyl (C=O) groups is 2. The molecule has 1 aromatic rings. The standard InChI is InChI=1S/C15H20N4O3/c16-14(21)13(7-2-8-18-15(17)22)19-12-6-1-4-11(10-12)5-3-9-20/h1,4,6,10,13,19-20H,2,7-9H2,(H2,16,21)(H3,17,18,22)/t13-/m0/s1. The number of hydrogen-bond donors (Lipinski definition) is 5. The smallest absolute Gasteiger partial charge is 0.312 e. The molecule has 7 nitrogen and oxygen atoms in total. The molecule has 0 aliphatic heterocycles. The number of nitrogens with two attached hydrogens (primary N) is 2. The lowest BCUT2D eigenvalue weighted by Gasteiger charge is -2.17. The van der Waals surface area contributed by atoms with Crippen LogP contribution < -0.4 is 22.1 Å². The Labute approximate surface area is 129 Å². The van der Waals surface area contributed by atoms with Crippen LogP contribution in [0.2, 0.25) is 0 Å². The van der Waals surface area contributed by atoms with E-state index < -0.39 is 18.0 Å². The summed E-state index contributed by atoms with van der Waals surface area (Å²) in [5.74, 6) is 4.86. The highest BCUT2D eigenvalue weighted by molar-refractivity contribution is 5.83. The van der Waals surface area contributed by atoms with Crippen molar-refractivity contribution in [2.75, 3.05) is 18.5 Å². The van der Waals surface area contributed by atoms with Crippen molar-refractivity contribution >= 4 is 17.6 Å². The van der Waals surface area contributed by atoms with Gasteiger partial charge in [0, 0.05) is 17.8 Å². The number of rotatable bonds is 7. The van der Waals surface area contributed by atoms with Crippen LogP contribution in [0.25, 0.3) is 0 Å². The Morgan fingerprint density at radius 3 is 2.73 bits per heavy atom. The molecule has 0 unspecified atom stereocenters. The largest absolute Gasteiger partial charge is 0.384 e. The molecule has 118 valence electrons. The maximum Gasteiger partial charge on any atom is 0.312 e. The molecule has 1 aromatic carbocycles. The Balaban J connectivity index is 2.62. The van der Waals surface area contributed by atoms with Gasteiger partial charge in [-0.3, -0.25) is 4.79 Å². The van der Waals surface area contributed by atoms with E-state index in [0.717, 1.165) is 5.56 Å². The lowest BCUT2D eigenvalue weighted by Crippen LogP contribution is -2.37. The SMILES string of the molecule is NC(=O)NCCC[C@H](Nc1cccc(C#CCO)c1)C(N)=O. The molecule has 1 rings (SSSR count). The van der Waals surface area contributed by atoms with E-state index in [1.807, 2.05) is 0 Å². The summed E-state index contributed by atoms with van der Waals surface area (Å²) >= 11 is 0. The highest BCUT2D eigenvalue weighted by Crippen LogP contribution is 2.13. The number of anilines is 1. The molecule has 22 heavy (non-hydrogen) atoms. The first-order valence-corrected chi connectivity index (χ1v) is 6.82. The fourth-order valence-corrected chi connectivity index (χ4v) is 1.83. The van der Waals surface area contributed by atoms with Crippen LogP contribution in [0.15, 0.2) is 24.3 Å². The van der Waals surface area contributed by atoms with Crippen molar-refractivity contribution in [1.82, 2.24) is 5.32 Å². The normalized spacial score (nSPS) is 11.0. The number of primary amides is 2. The lowest BCUT2D eigenvalue weighted by atomic mass is 10.1. The van der Waals surface area contributed by atoms with E-state index in [9.17, 15) is 9.59 Å². The van der Waals surface area contributed by atoms with Gasteiger partial charge in [-0.05, 0) is 31.0 Å². The maximum absolute atomic E-state index is 11.5. The molecular formula is C15H20N4O3. The minimum atomic E-state index is -0.598. The van der Waals surface area contributed by atoms with Gasteiger partial charge in [-0.2, -0.15) is 0 Å². The first kappa shape index (κ1) is 17.3. The summed E-state index contributed by atoms with van der Waals surface area (Å²) in [4.78, 5) is 22.0. The number of aliphatic hydroxyl groups excluding tert-OH is 1. The summed E-state index contributed by atoms with van der Waals surface area (Å²) in [6.45, 7) is 0.164. The average Bonchev–Trinajstić information content (AvgIpc) is 2.48. The Morgan fingerprint density at radius 2 is 2.09 bits per heavy atom. The van der Waals surface area contributed by atoms with Crippen molar-refractivity contribution in [3.63, 3.8) is 0 Å². The molecule has 0 radical (unpaired) electrons. The number of aliphatic hydroxyl groups is 1. The third kappa shape index (κ3) is 6.63. The van der Waals surface area contributed by atoms with Gasteiger partial charge in [0.15, 0.2) is 0 Å².